The summed E-state index contributed by atoms with van der Waals surface area (Å²) in [5, 5.41) is 0. The molecule has 0 saturated heterocycles. The van der Waals surface area contributed by atoms with Gasteiger partial charge >= 0.3 is 0 Å². The Morgan fingerprint density at radius 1 is 1.05 bits per heavy atom. The summed E-state index contributed by atoms with van der Waals surface area (Å²) < 4.78 is 0. The second kappa shape index (κ2) is 4.85. The summed E-state index contributed by atoms with van der Waals surface area (Å²) in [6.07, 6.45) is 3.09. The Morgan fingerprint density at radius 3 is 2.48 bits per heavy atom. The fourth-order valence-electron chi connectivity index (χ4n) is 4.29. The van der Waals surface area contributed by atoms with Crippen LogP contribution in [0.4, 0.5) is 0 Å². The van der Waals surface area contributed by atoms with Crippen molar-refractivity contribution >= 4 is 0 Å². The maximum absolute atomic E-state index is 3.98. The number of benzene rings is 2. The standard InChI is InChI=1S/C20H21N/c1-3-8-19-17-11-6-7-12-18(17)20-14(2)21(19)13-15-9-4-5-10-16(15)20/h3-7,9-12,14,19-20H,1,8,13H2,2H3/t14-,19+,20+/m0/s1. The largest absolute Gasteiger partial charge is 0.288 e. The molecule has 2 aromatic rings. The van der Waals surface area contributed by atoms with Crippen molar-refractivity contribution in [1.29, 1.82) is 0 Å². The van der Waals surface area contributed by atoms with Crippen LogP contribution in [0.25, 0.3) is 0 Å². The quantitative estimate of drug-likeness (QED) is 0.721. The predicted octanol–water partition coefficient (Wildman–Crippen LogP) is 4.65. The van der Waals surface area contributed by atoms with Gasteiger partial charge in [-0.2, -0.15) is 0 Å². The van der Waals surface area contributed by atoms with Crippen molar-refractivity contribution in [2.75, 3.05) is 0 Å². The first-order chi connectivity index (χ1) is 10.3. The van der Waals surface area contributed by atoms with E-state index in [0.29, 0.717) is 18.0 Å². The molecule has 4 atom stereocenters. The number of rotatable bonds is 2. The van der Waals surface area contributed by atoms with Gasteiger partial charge in [0, 0.05) is 24.5 Å². The first-order valence-electron chi connectivity index (χ1n) is 7.84. The summed E-state index contributed by atoms with van der Waals surface area (Å²) >= 11 is 0. The van der Waals surface area contributed by atoms with Gasteiger partial charge in [0.25, 0.3) is 0 Å². The third-order valence-corrected chi connectivity index (χ3v) is 5.23. The second-order valence-corrected chi connectivity index (χ2v) is 6.26. The average Bonchev–Trinajstić information content (AvgIpc) is 2.51. The number of hydrogen-bond acceptors (Lipinski definition) is 1. The van der Waals surface area contributed by atoms with Crippen LogP contribution < -0.4 is 0 Å². The number of fused-ring (bicyclic) bond motifs is 6. The van der Waals surface area contributed by atoms with Crippen molar-refractivity contribution < 1.29 is 0 Å². The molecule has 0 N–H and O–H groups in total. The lowest BCUT2D eigenvalue weighted by Gasteiger charge is -2.50. The van der Waals surface area contributed by atoms with Crippen LogP contribution in [0.1, 0.15) is 47.6 Å². The number of hydrogen-bond donors (Lipinski definition) is 0. The van der Waals surface area contributed by atoms with Crippen LogP contribution in [0.15, 0.2) is 61.2 Å². The zero-order valence-corrected chi connectivity index (χ0v) is 12.5. The van der Waals surface area contributed by atoms with E-state index >= 15 is 0 Å². The Bertz CT molecular complexity index is 688. The highest BCUT2D eigenvalue weighted by atomic mass is 15.2. The van der Waals surface area contributed by atoms with Gasteiger partial charge in [-0.15, -0.1) is 6.58 Å². The lowest BCUT2D eigenvalue weighted by atomic mass is 9.72. The third-order valence-electron chi connectivity index (χ3n) is 5.23. The Labute approximate surface area is 126 Å². The molecule has 1 heteroatoms. The highest BCUT2D eigenvalue weighted by Crippen LogP contribution is 2.49. The smallest absolute Gasteiger partial charge is 0.0392 e. The summed E-state index contributed by atoms with van der Waals surface area (Å²) in [6.45, 7) is 7.41. The van der Waals surface area contributed by atoms with E-state index < -0.39 is 0 Å². The van der Waals surface area contributed by atoms with Crippen LogP contribution in [-0.2, 0) is 6.54 Å². The molecule has 21 heavy (non-hydrogen) atoms. The molecule has 0 aliphatic carbocycles. The van der Waals surface area contributed by atoms with E-state index in [4.69, 9.17) is 0 Å². The average molecular weight is 275 g/mol. The lowest BCUT2D eigenvalue weighted by Crippen LogP contribution is -2.47. The van der Waals surface area contributed by atoms with E-state index in [0.717, 1.165) is 13.0 Å². The van der Waals surface area contributed by atoms with E-state index in [9.17, 15) is 0 Å². The molecular formula is C20H21N. The predicted molar refractivity (Wildman–Crippen MR) is 87.3 cm³/mol. The van der Waals surface area contributed by atoms with Gasteiger partial charge in [0.15, 0.2) is 0 Å². The van der Waals surface area contributed by atoms with Gasteiger partial charge < -0.3 is 0 Å². The van der Waals surface area contributed by atoms with Gasteiger partial charge in [0.05, 0.1) is 0 Å². The van der Waals surface area contributed by atoms with Gasteiger partial charge in [-0.25, -0.2) is 0 Å². The molecule has 0 radical (unpaired) electrons. The van der Waals surface area contributed by atoms with Gasteiger partial charge in [-0.1, -0.05) is 54.6 Å². The van der Waals surface area contributed by atoms with Crippen molar-refractivity contribution in [3.63, 3.8) is 0 Å². The highest BCUT2D eigenvalue weighted by Gasteiger charge is 2.42. The maximum atomic E-state index is 3.98. The van der Waals surface area contributed by atoms with Gasteiger partial charge in [0.2, 0.25) is 0 Å². The minimum Gasteiger partial charge on any atom is -0.288 e. The third kappa shape index (κ3) is 1.81. The fraction of sp³-hybridized carbons (Fsp3) is 0.300. The van der Waals surface area contributed by atoms with Crippen LogP contribution in [-0.4, -0.2) is 10.9 Å². The topological polar surface area (TPSA) is 3.24 Å². The van der Waals surface area contributed by atoms with Crippen molar-refractivity contribution in [3.05, 3.63) is 83.4 Å². The molecule has 1 nitrogen and oxygen atoms in total. The van der Waals surface area contributed by atoms with E-state index in [1.165, 1.54) is 22.3 Å². The van der Waals surface area contributed by atoms with E-state index in [-0.39, 0.29) is 0 Å². The monoisotopic (exact) mass is 275 g/mol. The highest BCUT2D eigenvalue weighted by molar-refractivity contribution is 5.48. The molecule has 0 saturated carbocycles. The van der Waals surface area contributed by atoms with Gasteiger partial charge in [-0.05, 0) is 35.6 Å². The van der Waals surface area contributed by atoms with Crippen LogP contribution in [0.2, 0.25) is 0 Å². The summed E-state index contributed by atoms with van der Waals surface area (Å²) in [5.41, 5.74) is 6.02. The molecule has 2 aliphatic rings. The van der Waals surface area contributed by atoms with Gasteiger partial charge in [0.1, 0.15) is 0 Å². The van der Waals surface area contributed by atoms with Crippen molar-refractivity contribution in [1.82, 2.24) is 4.90 Å². The first kappa shape index (κ1) is 12.8. The van der Waals surface area contributed by atoms with E-state index in [2.05, 4.69) is 73.0 Å². The zero-order valence-electron chi connectivity index (χ0n) is 12.5. The van der Waals surface area contributed by atoms with Crippen LogP contribution in [0, 0.1) is 0 Å². The van der Waals surface area contributed by atoms with Crippen LogP contribution in [0.3, 0.4) is 0 Å². The first-order valence-corrected chi connectivity index (χ1v) is 7.84. The summed E-state index contributed by atoms with van der Waals surface area (Å²) in [4.78, 5) is 2.66. The molecule has 2 heterocycles. The van der Waals surface area contributed by atoms with Crippen LogP contribution in [0.5, 0.6) is 0 Å². The lowest BCUT2D eigenvalue weighted by molar-refractivity contribution is 0.0938. The van der Waals surface area contributed by atoms with E-state index in [1.807, 2.05) is 0 Å². The molecule has 0 amide bonds. The molecule has 0 spiro atoms. The molecule has 1 unspecified atom stereocenters. The fourth-order valence-corrected chi connectivity index (χ4v) is 4.29. The molecule has 2 aliphatic heterocycles. The molecule has 106 valence electrons. The molecule has 2 aromatic carbocycles. The Balaban J connectivity index is 1.95. The Hall–Kier alpha value is -1.86. The van der Waals surface area contributed by atoms with Crippen LogP contribution >= 0.6 is 0 Å². The molecule has 4 rings (SSSR count). The minimum absolute atomic E-state index is 0.471. The SMILES string of the molecule is C=CC[C@@H]1c2ccccc2[C@H]2c3ccccc3CN1[C@H]2C. The minimum atomic E-state index is 0.471. The summed E-state index contributed by atoms with van der Waals surface area (Å²) in [5.74, 6) is 0.507. The van der Waals surface area contributed by atoms with Crippen molar-refractivity contribution in [2.45, 2.75) is 37.9 Å². The van der Waals surface area contributed by atoms with Crippen molar-refractivity contribution in [3.8, 4) is 0 Å². The maximum Gasteiger partial charge on any atom is 0.0392 e. The molecule has 0 fully saturated rings. The van der Waals surface area contributed by atoms with E-state index in [1.54, 1.807) is 0 Å². The summed E-state index contributed by atoms with van der Waals surface area (Å²) in [6, 6.07) is 19.0. The molecule has 2 bridgehead atoms. The normalized spacial score (nSPS) is 29.4. The second-order valence-electron chi connectivity index (χ2n) is 6.26. The Morgan fingerprint density at radius 2 is 1.71 bits per heavy atom. The van der Waals surface area contributed by atoms with Gasteiger partial charge in [-0.3, -0.25) is 4.90 Å². The summed E-state index contributed by atoms with van der Waals surface area (Å²) in [7, 11) is 0. The van der Waals surface area contributed by atoms with Crippen molar-refractivity contribution in [2.24, 2.45) is 0 Å². The molecular weight excluding hydrogens is 254 g/mol. The molecule has 0 aromatic heterocycles. The Kier molecular flexibility index (Phi) is 2.97. The number of nitrogens with zero attached hydrogens (tertiary/aromatic N) is 1. The zero-order chi connectivity index (χ0) is 14.4.